The van der Waals surface area contributed by atoms with Crippen LogP contribution in [0.4, 0.5) is 13.2 Å². The van der Waals surface area contributed by atoms with Crippen molar-refractivity contribution < 1.29 is 27.1 Å². The van der Waals surface area contributed by atoms with Gasteiger partial charge in [-0.1, -0.05) is 6.07 Å². The number of halogens is 3. The quantitative estimate of drug-likeness (QED) is 0.760. The van der Waals surface area contributed by atoms with Gasteiger partial charge < -0.3 is 13.9 Å². The molecule has 1 rings (SSSR count). The highest BCUT2D eigenvalue weighted by molar-refractivity contribution is 6.69. The molecule has 0 N–H and O–H groups in total. The minimum Gasteiger partial charge on any atom is -0.493 e. The molecule has 0 aliphatic carbocycles. The van der Waals surface area contributed by atoms with Gasteiger partial charge in [0.05, 0.1) is 20.3 Å². The number of nitrogens with zero attached hydrogens (tertiary/aromatic N) is 1. The summed E-state index contributed by atoms with van der Waals surface area (Å²) in [5.41, 5.74) is -1.31. The van der Waals surface area contributed by atoms with Crippen molar-refractivity contribution in [1.29, 1.82) is 5.26 Å². The Kier molecular flexibility index (Phi) is 5.48. The Bertz CT molecular complexity index is 576. The topological polar surface area (TPSA) is 51.5 Å². The largest absolute Gasteiger partial charge is 0.493 e. The molecule has 0 radical (unpaired) electrons. The van der Waals surface area contributed by atoms with Gasteiger partial charge in [0.25, 0.3) is 0 Å². The first kappa shape index (κ1) is 18.3. The van der Waals surface area contributed by atoms with Gasteiger partial charge in [0.15, 0.2) is 25.9 Å². The lowest BCUT2D eigenvalue weighted by molar-refractivity contribution is -0.140. The van der Waals surface area contributed by atoms with Crippen molar-refractivity contribution in [3.63, 3.8) is 0 Å². The van der Waals surface area contributed by atoms with Crippen molar-refractivity contribution >= 4 is 8.32 Å². The number of methoxy groups -OCH3 is 2. The Hall–Kier alpha value is -1.72. The first-order valence-electron chi connectivity index (χ1n) is 6.44. The molecule has 1 aromatic rings. The lowest BCUT2D eigenvalue weighted by Crippen LogP contribution is -2.28. The molecule has 0 bridgehead atoms. The van der Waals surface area contributed by atoms with Gasteiger partial charge in [-0.2, -0.15) is 18.4 Å². The number of benzene rings is 1. The number of rotatable bonds is 5. The zero-order valence-corrected chi connectivity index (χ0v) is 14.0. The summed E-state index contributed by atoms with van der Waals surface area (Å²) < 4.78 is 55.7. The van der Waals surface area contributed by atoms with Crippen molar-refractivity contribution in [1.82, 2.24) is 0 Å². The minimum atomic E-state index is -4.70. The molecule has 0 unspecified atom stereocenters. The van der Waals surface area contributed by atoms with E-state index in [0.29, 0.717) is 0 Å². The van der Waals surface area contributed by atoms with Crippen molar-refractivity contribution in [3.8, 4) is 17.6 Å². The molecule has 0 heterocycles. The summed E-state index contributed by atoms with van der Waals surface area (Å²) >= 11 is 0. The van der Waals surface area contributed by atoms with Crippen LogP contribution in [0.3, 0.4) is 0 Å². The normalized spacial score (nSPS) is 13.4. The maximum Gasteiger partial charge on any atom is 0.420 e. The molecule has 0 amide bonds. The van der Waals surface area contributed by atoms with Gasteiger partial charge in [0, 0.05) is 5.56 Å². The lowest BCUT2D eigenvalue weighted by Gasteiger charge is -2.25. The summed E-state index contributed by atoms with van der Waals surface area (Å²) in [5.74, 6) is -0.504. The Morgan fingerprint density at radius 3 is 2.09 bits per heavy atom. The molecule has 0 aliphatic rings. The van der Waals surface area contributed by atoms with Crippen LogP contribution < -0.4 is 9.47 Å². The Labute approximate surface area is 128 Å². The molecule has 8 heteroatoms. The van der Waals surface area contributed by atoms with E-state index in [9.17, 15) is 18.4 Å². The Balaban J connectivity index is 3.57. The fourth-order valence-corrected chi connectivity index (χ4v) is 2.85. The smallest absolute Gasteiger partial charge is 0.420 e. The molecule has 22 heavy (non-hydrogen) atoms. The monoisotopic (exact) mass is 333 g/mol. The molecule has 0 saturated carbocycles. The van der Waals surface area contributed by atoms with Gasteiger partial charge in [-0.3, -0.25) is 0 Å². The first-order valence-corrected chi connectivity index (χ1v) is 9.85. The van der Waals surface area contributed by atoms with Crippen LogP contribution in [0, 0.1) is 11.3 Å². The van der Waals surface area contributed by atoms with Crippen LogP contribution in [0.25, 0.3) is 0 Å². The molecule has 0 saturated heterocycles. The molecular formula is C14H18F3NO3Si. The second-order valence-corrected chi connectivity index (χ2v) is 9.96. The molecular weight excluding hydrogens is 315 g/mol. The third-order valence-electron chi connectivity index (χ3n) is 2.73. The van der Waals surface area contributed by atoms with Crippen LogP contribution in [0.5, 0.6) is 11.5 Å². The SMILES string of the molecule is COc1ccc([C@H](C#N)O[Si](C)(C)C)c(C(F)(F)F)c1OC. The van der Waals surface area contributed by atoms with Gasteiger partial charge in [-0.05, 0) is 25.7 Å². The zero-order valence-electron chi connectivity index (χ0n) is 13.0. The molecule has 0 aromatic heterocycles. The van der Waals surface area contributed by atoms with Crippen LogP contribution in [-0.2, 0) is 10.6 Å². The number of ether oxygens (including phenoxy) is 2. The molecule has 122 valence electrons. The maximum atomic E-state index is 13.5. The highest BCUT2D eigenvalue weighted by atomic mass is 28.4. The average Bonchev–Trinajstić information content (AvgIpc) is 2.41. The summed E-state index contributed by atoms with van der Waals surface area (Å²) in [4.78, 5) is 0. The second-order valence-electron chi connectivity index (χ2n) is 5.50. The summed E-state index contributed by atoms with van der Waals surface area (Å²) in [6.07, 6.45) is -6.02. The zero-order chi connectivity index (χ0) is 17.1. The molecule has 4 nitrogen and oxygen atoms in total. The van der Waals surface area contributed by atoms with Crippen molar-refractivity contribution in [2.75, 3.05) is 14.2 Å². The first-order chi connectivity index (χ1) is 10.0. The summed E-state index contributed by atoms with van der Waals surface area (Å²) in [7, 11) is 0.153. The fourth-order valence-electron chi connectivity index (χ4n) is 1.97. The van der Waals surface area contributed by atoms with Crippen LogP contribution in [-0.4, -0.2) is 22.5 Å². The third-order valence-corrected chi connectivity index (χ3v) is 3.68. The van der Waals surface area contributed by atoms with Crippen molar-refractivity contribution in [3.05, 3.63) is 23.3 Å². The number of hydrogen-bond acceptors (Lipinski definition) is 4. The van der Waals surface area contributed by atoms with Crippen molar-refractivity contribution in [2.24, 2.45) is 0 Å². The Morgan fingerprint density at radius 2 is 1.73 bits per heavy atom. The fraction of sp³-hybridized carbons (Fsp3) is 0.500. The van der Waals surface area contributed by atoms with Crippen LogP contribution in [0.2, 0.25) is 19.6 Å². The summed E-state index contributed by atoms with van der Waals surface area (Å²) in [5, 5.41) is 9.23. The van der Waals surface area contributed by atoms with Crippen LogP contribution >= 0.6 is 0 Å². The van der Waals surface area contributed by atoms with E-state index < -0.39 is 31.9 Å². The number of nitriles is 1. The van der Waals surface area contributed by atoms with Gasteiger partial charge in [0.1, 0.15) is 5.56 Å². The highest BCUT2D eigenvalue weighted by Crippen LogP contribution is 2.46. The maximum absolute atomic E-state index is 13.5. The minimum absolute atomic E-state index is 0.0525. The average molecular weight is 333 g/mol. The standard InChI is InChI=1S/C14H18F3NO3Si/c1-19-10-7-6-9(11(8-18)21-22(3,4)5)12(13(10)20-2)14(15,16)17/h6-7,11H,1-5H3/t11-/m0/s1. The number of hydrogen-bond donors (Lipinski definition) is 0. The van der Waals surface area contributed by atoms with E-state index in [1.54, 1.807) is 25.7 Å². The van der Waals surface area contributed by atoms with Gasteiger partial charge >= 0.3 is 6.18 Å². The molecule has 0 fully saturated rings. The Morgan fingerprint density at radius 1 is 1.14 bits per heavy atom. The number of alkyl halides is 3. The van der Waals surface area contributed by atoms with Gasteiger partial charge in [-0.25, -0.2) is 0 Å². The van der Waals surface area contributed by atoms with Gasteiger partial charge in [0.2, 0.25) is 0 Å². The molecule has 1 atom stereocenters. The predicted octanol–water partition coefficient (Wildman–Crippen LogP) is 4.14. The van der Waals surface area contributed by atoms with E-state index in [2.05, 4.69) is 0 Å². The van der Waals surface area contributed by atoms with E-state index in [1.807, 2.05) is 0 Å². The van der Waals surface area contributed by atoms with Crippen molar-refractivity contribution in [2.45, 2.75) is 31.9 Å². The highest BCUT2D eigenvalue weighted by Gasteiger charge is 2.41. The van der Waals surface area contributed by atoms with E-state index in [1.165, 1.54) is 19.2 Å². The lowest BCUT2D eigenvalue weighted by atomic mass is 10.0. The molecule has 0 aliphatic heterocycles. The second kappa shape index (κ2) is 6.58. The third kappa shape index (κ3) is 4.15. The van der Waals surface area contributed by atoms with E-state index in [-0.39, 0.29) is 11.3 Å². The predicted molar refractivity (Wildman–Crippen MR) is 77.3 cm³/mol. The molecule has 1 aromatic carbocycles. The van der Waals surface area contributed by atoms with Crippen LogP contribution in [0.15, 0.2) is 12.1 Å². The van der Waals surface area contributed by atoms with Gasteiger partial charge in [-0.15, -0.1) is 0 Å². The van der Waals surface area contributed by atoms with E-state index in [4.69, 9.17) is 13.9 Å². The summed E-state index contributed by atoms with van der Waals surface area (Å²) in [6.45, 7) is 5.39. The summed E-state index contributed by atoms with van der Waals surface area (Å²) in [6, 6.07) is 4.32. The van der Waals surface area contributed by atoms with E-state index >= 15 is 0 Å². The van der Waals surface area contributed by atoms with E-state index in [0.717, 1.165) is 7.11 Å². The van der Waals surface area contributed by atoms with Crippen LogP contribution in [0.1, 0.15) is 17.2 Å². The molecule has 0 spiro atoms.